The number of carboxylic acids is 2. The normalized spacial score (nSPS) is 13.4. The third-order valence-electron chi connectivity index (χ3n) is 8.72. The molecule has 47 heavy (non-hydrogen) atoms. The molecule has 1 aromatic heterocycles. The molecule has 0 bridgehead atoms. The van der Waals surface area contributed by atoms with Gasteiger partial charge in [0, 0.05) is 43.3 Å². The number of rotatable bonds is 15. The second-order valence-corrected chi connectivity index (χ2v) is 12.1. The fourth-order valence-electron chi connectivity index (χ4n) is 6.26. The van der Waals surface area contributed by atoms with Gasteiger partial charge in [-0.05, 0) is 53.3 Å². The van der Waals surface area contributed by atoms with Gasteiger partial charge in [0.05, 0.1) is 6.42 Å². The lowest BCUT2D eigenvalue weighted by atomic mass is 10.00. The van der Waals surface area contributed by atoms with Crippen LogP contribution in [-0.4, -0.2) is 68.2 Å². The number of benzene rings is 4. The van der Waals surface area contributed by atoms with Crippen LogP contribution in [0.2, 0.25) is 0 Å². The molecule has 1 heterocycles. The van der Waals surface area contributed by atoms with Gasteiger partial charge in [0.1, 0.15) is 12.1 Å². The summed E-state index contributed by atoms with van der Waals surface area (Å²) in [5.41, 5.74) is 7.06. The monoisotopic (exact) mass is 634 g/mol. The molecule has 0 aliphatic heterocycles. The van der Waals surface area contributed by atoms with Gasteiger partial charge in [0.15, 0.2) is 0 Å². The molecular weight excluding hydrogens is 592 g/mol. The molecule has 0 fully saturated rings. The van der Waals surface area contributed by atoms with Crippen LogP contribution < -0.4 is 5.43 Å². The Balaban J connectivity index is 1.47. The molecule has 0 spiro atoms. The van der Waals surface area contributed by atoms with Crippen LogP contribution in [0, 0.1) is 0 Å². The van der Waals surface area contributed by atoms with Crippen LogP contribution in [0.1, 0.15) is 43.0 Å². The Hall–Kier alpha value is -4.99. The van der Waals surface area contributed by atoms with Crippen LogP contribution in [0.3, 0.4) is 0 Å². The Bertz CT molecular complexity index is 1850. The van der Waals surface area contributed by atoms with E-state index in [-0.39, 0.29) is 12.3 Å². The Labute approximate surface area is 275 Å². The first kappa shape index (κ1) is 33.4. The van der Waals surface area contributed by atoms with Gasteiger partial charge in [0.2, 0.25) is 5.91 Å². The van der Waals surface area contributed by atoms with Crippen LogP contribution in [0.25, 0.3) is 21.7 Å². The molecule has 1 amide bonds. The summed E-state index contributed by atoms with van der Waals surface area (Å²) in [7, 11) is 1.80. The molecule has 5 rings (SSSR count). The van der Waals surface area contributed by atoms with Gasteiger partial charge in [-0.1, -0.05) is 97.9 Å². The lowest BCUT2D eigenvalue weighted by Crippen LogP contribution is -2.57. The summed E-state index contributed by atoms with van der Waals surface area (Å²) in [5, 5.41) is 24.6. The summed E-state index contributed by atoms with van der Waals surface area (Å²) in [4.78, 5) is 40.0. The second-order valence-electron chi connectivity index (χ2n) is 12.1. The predicted molar refractivity (Wildman–Crippen MR) is 184 cm³/mol. The van der Waals surface area contributed by atoms with Crippen LogP contribution in [-0.2, 0) is 33.8 Å². The molecule has 0 aliphatic carbocycles. The van der Waals surface area contributed by atoms with Crippen molar-refractivity contribution >= 4 is 39.5 Å². The van der Waals surface area contributed by atoms with Crippen molar-refractivity contribution in [2.24, 2.45) is 0 Å². The maximum absolute atomic E-state index is 14.3. The number of amides is 1. The summed E-state index contributed by atoms with van der Waals surface area (Å²) in [6.45, 7) is 4.45. The minimum absolute atomic E-state index is 0.0858. The topological polar surface area (TPSA) is 115 Å². The number of nitrogens with zero attached hydrogens (tertiary/aromatic N) is 3. The van der Waals surface area contributed by atoms with Gasteiger partial charge in [0.25, 0.3) is 0 Å². The van der Waals surface area contributed by atoms with Gasteiger partial charge in [-0.3, -0.25) is 15.0 Å². The van der Waals surface area contributed by atoms with Crippen LogP contribution >= 0.6 is 0 Å². The minimum atomic E-state index is -0.972. The van der Waals surface area contributed by atoms with E-state index >= 15 is 0 Å². The molecule has 0 saturated heterocycles. The predicted octanol–water partition coefficient (Wildman–Crippen LogP) is 5.92. The fourth-order valence-corrected chi connectivity index (χ4v) is 6.26. The number of hydrogen-bond acceptors (Lipinski definition) is 5. The van der Waals surface area contributed by atoms with Gasteiger partial charge < -0.3 is 19.7 Å². The lowest BCUT2D eigenvalue weighted by Gasteiger charge is -2.36. The zero-order valence-electron chi connectivity index (χ0n) is 27.0. The molecule has 9 nitrogen and oxygen atoms in total. The smallest absolute Gasteiger partial charge is 0.326 e. The molecule has 0 aliphatic rings. The molecule has 0 saturated carbocycles. The quantitative estimate of drug-likeness (QED) is 0.123. The Kier molecular flexibility index (Phi) is 10.7. The summed E-state index contributed by atoms with van der Waals surface area (Å²) in [6.07, 6.45) is 2.35. The highest BCUT2D eigenvalue weighted by Gasteiger charge is 2.31. The van der Waals surface area contributed by atoms with Crippen molar-refractivity contribution in [2.45, 2.75) is 57.8 Å². The SMILES string of the molecule is CCN(N[C@H](CC(=O)O)Cc1cn(C(C)C(=O)O)c2ccccc12)[C@@H](Cc1ccc2ccccc2c1)C(=O)N(C)Cc1ccccc1. The summed E-state index contributed by atoms with van der Waals surface area (Å²) in [5.74, 6) is -2.01. The number of carboxylic acid groups (broad SMARTS) is 2. The third kappa shape index (κ3) is 8.06. The number of aromatic nitrogens is 1. The number of fused-ring (bicyclic) bond motifs is 2. The van der Waals surface area contributed by atoms with Crippen molar-refractivity contribution in [2.75, 3.05) is 13.6 Å². The van der Waals surface area contributed by atoms with Crippen LogP contribution in [0.15, 0.2) is 103 Å². The van der Waals surface area contributed by atoms with Gasteiger partial charge in [-0.25, -0.2) is 9.80 Å². The number of hydrazine groups is 1. The number of aliphatic carboxylic acids is 2. The Morgan fingerprint density at radius 3 is 2.21 bits per heavy atom. The molecule has 1 unspecified atom stereocenters. The molecule has 5 aromatic rings. The number of hydrogen-bond donors (Lipinski definition) is 3. The highest BCUT2D eigenvalue weighted by Crippen LogP contribution is 2.27. The van der Waals surface area contributed by atoms with Crippen molar-refractivity contribution < 1.29 is 24.6 Å². The van der Waals surface area contributed by atoms with Crippen LogP contribution in [0.4, 0.5) is 0 Å². The molecule has 3 atom stereocenters. The summed E-state index contributed by atoms with van der Waals surface area (Å²) >= 11 is 0. The minimum Gasteiger partial charge on any atom is -0.481 e. The van der Waals surface area contributed by atoms with E-state index in [0.29, 0.717) is 25.9 Å². The van der Waals surface area contributed by atoms with E-state index < -0.39 is 30.1 Å². The molecule has 3 N–H and O–H groups in total. The van der Waals surface area contributed by atoms with Crippen molar-refractivity contribution in [3.8, 4) is 0 Å². The van der Waals surface area contributed by atoms with E-state index in [0.717, 1.165) is 38.4 Å². The molecule has 4 aromatic carbocycles. The van der Waals surface area contributed by atoms with Gasteiger partial charge in [-0.15, -0.1) is 0 Å². The Morgan fingerprint density at radius 1 is 0.830 bits per heavy atom. The van der Waals surface area contributed by atoms with E-state index in [4.69, 9.17) is 0 Å². The molecular formula is C38H42N4O5. The first-order valence-corrected chi connectivity index (χ1v) is 16.0. The highest BCUT2D eigenvalue weighted by atomic mass is 16.4. The zero-order chi connectivity index (χ0) is 33.5. The van der Waals surface area contributed by atoms with E-state index in [1.807, 2.05) is 90.9 Å². The number of carbonyl (C=O) groups is 3. The standard InChI is InChI=1S/C38H42N4O5/c1-4-42(39-32(23-36(43)44)22-31-25-41(26(2)38(46)47)34-17-11-10-16-33(31)34)35(37(45)40(3)24-27-12-6-5-7-13-27)21-28-18-19-29-14-8-9-15-30(29)20-28/h5-20,25-26,32,35,39H,4,21-24H2,1-3H3,(H,43,44)(H,46,47)/t26?,32-,35-/m0/s1. The maximum Gasteiger partial charge on any atom is 0.326 e. The average molecular weight is 635 g/mol. The van der Waals surface area contributed by atoms with E-state index in [2.05, 4.69) is 29.7 Å². The number of nitrogens with one attached hydrogen (secondary N) is 1. The van der Waals surface area contributed by atoms with E-state index in [1.54, 1.807) is 23.4 Å². The second kappa shape index (κ2) is 15.1. The van der Waals surface area contributed by atoms with Gasteiger partial charge in [-0.2, -0.15) is 0 Å². The number of carbonyl (C=O) groups excluding carboxylic acids is 1. The number of para-hydroxylation sites is 1. The van der Waals surface area contributed by atoms with Gasteiger partial charge >= 0.3 is 11.9 Å². The lowest BCUT2D eigenvalue weighted by molar-refractivity contribution is -0.141. The molecule has 9 heteroatoms. The van der Waals surface area contributed by atoms with Crippen molar-refractivity contribution in [1.29, 1.82) is 0 Å². The first-order valence-electron chi connectivity index (χ1n) is 16.0. The highest BCUT2D eigenvalue weighted by molar-refractivity contribution is 5.87. The van der Waals surface area contributed by atoms with E-state index in [9.17, 15) is 24.6 Å². The largest absolute Gasteiger partial charge is 0.481 e. The maximum atomic E-state index is 14.3. The summed E-state index contributed by atoms with van der Waals surface area (Å²) < 4.78 is 1.72. The van der Waals surface area contributed by atoms with Crippen molar-refractivity contribution in [3.63, 3.8) is 0 Å². The number of likely N-dealkylation sites (N-methyl/N-ethyl adjacent to an activating group) is 2. The molecule has 0 radical (unpaired) electrons. The van der Waals surface area contributed by atoms with Crippen molar-refractivity contribution in [1.82, 2.24) is 19.9 Å². The summed E-state index contributed by atoms with van der Waals surface area (Å²) in [6, 6.07) is 29.7. The fraction of sp³-hybridized carbons (Fsp3) is 0.289. The van der Waals surface area contributed by atoms with E-state index in [1.165, 1.54) is 0 Å². The first-order chi connectivity index (χ1) is 22.6. The van der Waals surface area contributed by atoms with Crippen LogP contribution in [0.5, 0.6) is 0 Å². The average Bonchev–Trinajstić information content (AvgIpc) is 3.43. The third-order valence-corrected chi connectivity index (χ3v) is 8.72. The zero-order valence-corrected chi connectivity index (χ0v) is 27.0. The Morgan fingerprint density at radius 2 is 1.51 bits per heavy atom. The van der Waals surface area contributed by atoms with Crippen molar-refractivity contribution in [3.05, 3.63) is 120 Å². The molecule has 244 valence electrons.